The highest BCUT2D eigenvalue weighted by Gasteiger charge is 2.60. The Morgan fingerprint density at radius 1 is 0.938 bits per heavy atom. The van der Waals surface area contributed by atoms with Gasteiger partial charge in [0.15, 0.2) is 6.10 Å². The number of amides is 2. The third kappa shape index (κ3) is 3.27. The molecule has 32 heavy (non-hydrogen) atoms. The molecule has 0 bridgehead atoms. The molecule has 2 aliphatic rings. The van der Waals surface area contributed by atoms with Gasteiger partial charge < -0.3 is 4.74 Å². The molecule has 3 atom stereocenters. The van der Waals surface area contributed by atoms with Gasteiger partial charge >= 0.3 is 0 Å². The van der Waals surface area contributed by atoms with Crippen LogP contribution in [0.3, 0.4) is 0 Å². The zero-order chi connectivity index (χ0) is 22.4. The number of hydrogen-bond acceptors (Lipinski definition) is 5. The maximum absolute atomic E-state index is 13.5. The molecule has 0 radical (unpaired) electrons. The number of rotatable bonds is 4. The molecule has 8 heteroatoms. The summed E-state index contributed by atoms with van der Waals surface area (Å²) in [6.07, 6.45) is -0.987. The van der Waals surface area contributed by atoms with Gasteiger partial charge in [0.05, 0.1) is 29.0 Å². The number of imide groups is 1. The fourth-order valence-electron chi connectivity index (χ4n) is 4.26. The van der Waals surface area contributed by atoms with E-state index in [1.165, 1.54) is 24.3 Å². The van der Waals surface area contributed by atoms with Crippen LogP contribution >= 0.6 is 15.9 Å². The van der Waals surface area contributed by atoms with Crippen molar-refractivity contribution < 1.29 is 23.6 Å². The number of carbonyl (C=O) groups is 2. The Kier molecular flexibility index (Phi) is 5.19. The number of carbonyl (C=O) groups excluding carboxylic acids is 2. The van der Waals surface area contributed by atoms with E-state index in [0.29, 0.717) is 11.4 Å². The van der Waals surface area contributed by atoms with Crippen LogP contribution in [0.15, 0.2) is 77.3 Å². The van der Waals surface area contributed by atoms with Crippen LogP contribution in [0.2, 0.25) is 0 Å². The summed E-state index contributed by atoms with van der Waals surface area (Å²) in [5.41, 5.74) is 1.84. The summed E-state index contributed by atoms with van der Waals surface area (Å²) >= 11 is 3.50. The number of fused-ring (bicyclic) bond motifs is 1. The monoisotopic (exact) mass is 496 g/mol. The van der Waals surface area contributed by atoms with Crippen molar-refractivity contribution in [3.8, 4) is 5.75 Å². The van der Waals surface area contributed by atoms with Crippen molar-refractivity contribution in [2.24, 2.45) is 5.92 Å². The maximum Gasteiger partial charge on any atom is 0.266 e. The lowest BCUT2D eigenvalue weighted by Crippen LogP contribution is -2.37. The Balaban J connectivity index is 1.59. The molecule has 2 fully saturated rings. The lowest BCUT2D eigenvalue weighted by atomic mass is 9.90. The number of halogens is 2. The molecule has 0 saturated carbocycles. The standard InChI is InChI=1S/C24H18BrFN2O4/c1-31-19-12-7-14(13-18(19)25)21-20-22(32-28(21)17-5-3-2-4-6-17)24(30)27(23(20)29)16-10-8-15(26)9-11-16/h2-13,20-22H,1H3/t20-,21-,22-/m0/s1. The fourth-order valence-corrected chi connectivity index (χ4v) is 4.82. The zero-order valence-electron chi connectivity index (χ0n) is 16.9. The number of nitrogens with zero attached hydrogens (tertiary/aromatic N) is 2. The lowest BCUT2D eigenvalue weighted by Gasteiger charge is -2.29. The minimum atomic E-state index is -0.987. The van der Waals surface area contributed by atoms with Crippen LogP contribution in [0.25, 0.3) is 0 Å². The van der Waals surface area contributed by atoms with Crippen LogP contribution in [0, 0.1) is 11.7 Å². The summed E-state index contributed by atoms with van der Waals surface area (Å²) in [5, 5.41) is 1.63. The molecule has 6 nitrogen and oxygen atoms in total. The van der Waals surface area contributed by atoms with Gasteiger partial charge in [-0.2, -0.15) is 0 Å². The molecule has 0 aliphatic carbocycles. The maximum atomic E-state index is 13.5. The first-order chi connectivity index (χ1) is 15.5. The zero-order valence-corrected chi connectivity index (χ0v) is 18.5. The molecule has 5 rings (SSSR count). The number of hydroxylamine groups is 1. The summed E-state index contributed by atoms with van der Waals surface area (Å²) < 4.78 is 19.4. The molecule has 2 saturated heterocycles. The molecular weight excluding hydrogens is 479 g/mol. The molecule has 0 unspecified atom stereocenters. The molecule has 0 aromatic heterocycles. The Hall–Kier alpha value is -3.23. The molecule has 2 amide bonds. The van der Waals surface area contributed by atoms with Gasteiger partial charge in [-0.1, -0.05) is 24.3 Å². The Labute approximate surface area is 192 Å². The topological polar surface area (TPSA) is 59.1 Å². The smallest absolute Gasteiger partial charge is 0.266 e. The van der Waals surface area contributed by atoms with Crippen molar-refractivity contribution >= 4 is 39.1 Å². The van der Waals surface area contributed by atoms with E-state index in [9.17, 15) is 14.0 Å². The highest BCUT2D eigenvalue weighted by atomic mass is 79.9. The first-order valence-corrected chi connectivity index (χ1v) is 10.8. The summed E-state index contributed by atoms with van der Waals surface area (Å²) in [4.78, 5) is 33.9. The minimum Gasteiger partial charge on any atom is -0.496 e. The molecule has 3 aromatic rings. The van der Waals surface area contributed by atoms with Crippen molar-refractivity contribution in [3.05, 3.63) is 88.6 Å². The molecule has 0 spiro atoms. The van der Waals surface area contributed by atoms with Crippen LogP contribution in [0.1, 0.15) is 11.6 Å². The predicted octanol–water partition coefficient (Wildman–Crippen LogP) is 4.65. The summed E-state index contributed by atoms with van der Waals surface area (Å²) in [6, 6.07) is 19.6. The van der Waals surface area contributed by atoms with E-state index in [0.717, 1.165) is 20.6 Å². The molecule has 2 heterocycles. The fraction of sp³-hybridized carbons (Fsp3) is 0.167. The summed E-state index contributed by atoms with van der Waals surface area (Å²) in [5.74, 6) is -1.42. The van der Waals surface area contributed by atoms with Gasteiger partial charge in [0, 0.05) is 0 Å². The third-order valence-corrected chi connectivity index (χ3v) is 6.35. The van der Waals surface area contributed by atoms with Gasteiger partial charge in [-0.25, -0.2) is 14.4 Å². The molecule has 3 aromatic carbocycles. The number of ether oxygens (including phenoxy) is 1. The van der Waals surface area contributed by atoms with E-state index in [1.807, 2.05) is 42.5 Å². The highest BCUT2D eigenvalue weighted by Crippen LogP contribution is 2.48. The lowest BCUT2D eigenvalue weighted by molar-refractivity contribution is -0.126. The van der Waals surface area contributed by atoms with Crippen LogP contribution in [-0.2, 0) is 14.4 Å². The molecular formula is C24H18BrFN2O4. The van der Waals surface area contributed by atoms with E-state index in [2.05, 4.69) is 15.9 Å². The van der Waals surface area contributed by atoms with Crippen molar-refractivity contribution in [3.63, 3.8) is 0 Å². The normalized spacial score (nSPS) is 22.4. The summed E-state index contributed by atoms with van der Waals surface area (Å²) in [7, 11) is 1.57. The van der Waals surface area contributed by atoms with Crippen LogP contribution in [0.5, 0.6) is 5.75 Å². The van der Waals surface area contributed by atoms with Crippen molar-refractivity contribution in [2.75, 3.05) is 17.1 Å². The van der Waals surface area contributed by atoms with Crippen molar-refractivity contribution in [2.45, 2.75) is 12.1 Å². The van der Waals surface area contributed by atoms with E-state index < -0.39 is 29.8 Å². The average molecular weight is 497 g/mol. The number of para-hydroxylation sites is 1. The Morgan fingerprint density at radius 2 is 1.66 bits per heavy atom. The second kappa shape index (κ2) is 8.03. The SMILES string of the molecule is COc1ccc([C@H]2[C@@H]3C(=O)N(c4ccc(F)cc4)C(=O)[C@H]3ON2c2ccccc2)cc1Br. The van der Waals surface area contributed by atoms with Gasteiger partial charge in [-0.3, -0.25) is 14.4 Å². The van der Waals surface area contributed by atoms with Gasteiger partial charge in [-0.15, -0.1) is 0 Å². The summed E-state index contributed by atoms with van der Waals surface area (Å²) in [6.45, 7) is 0. The molecule has 2 aliphatic heterocycles. The Morgan fingerprint density at radius 3 is 2.31 bits per heavy atom. The molecule has 0 N–H and O–H groups in total. The third-order valence-electron chi connectivity index (χ3n) is 5.73. The average Bonchev–Trinajstić information content (AvgIpc) is 3.31. The molecule has 162 valence electrons. The second-order valence-corrected chi connectivity index (χ2v) is 8.39. The first-order valence-electron chi connectivity index (χ1n) is 9.97. The van der Waals surface area contributed by atoms with E-state index in [-0.39, 0.29) is 5.91 Å². The first kappa shape index (κ1) is 20.7. The van der Waals surface area contributed by atoms with Crippen molar-refractivity contribution in [1.29, 1.82) is 0 Å². The van der Waals surface area contributed by atoms with Crippen LogP contribution < -0.4 is 14.7 Å². The number of anilines is 2. The van der Waals surface area contributed by atoms with E-state index in [4.69, 9.17) is 9.57 Å². The van der Waals surface area contributed by atoms with Gasteiger partial charge in [0.25, 0.3) is 5.91 Å². The van der Waals surface area contributed by atoms with Crippen LogP contribution in [0.4, 0.5) is 15.8 Å². The van der Waals surface area contributed by atoms with Crippen molar-refractivity contribution in [1.82, 2.24) is 0 Å². The van der Waals surface area contributed by atoms with Crippen LogP contribution in [-0.4, -0.2) is 25.0 Å². The second-order valence-electron chi connectivity index (χ2n) is 7.54. The van der Waals surface area contributed by atoms with Gasteiger partial charge in [-0.05, 0) is 70.0 Å². The Bertz CT molecular complexity index is 1190. The quantitative estimate of drug-likeness (QED) is 0.492. The largest absolute Gasteiger partial charge is 0.496 e. The predicted molar refractivity (Wildman–Crippen MR) is 120 cm³/mol. The van der Waals surface area contributed by atoms with Gasteiger partial charge in [0.1, 0.15) is 17.5 Å². The number of methoxy groups -OCH3 is 1. The number of hydrogen-bond donors (Lipinski definition) is 0. The van der Waals surface area contributed by atoms with E-state index >= 15 is 0 Å². The van der Waals surface area contributed by atoms with E-state index in [1.54, 1.807) is 18.2 Å². The highest BCUT2D eigenvalue weighted by molar-refractivity contribution is 9.10. The number of benzene rings is 3. The van der Waals surface area contributed by atoms with Gasteiger partial charge in [0.2, 0.25) is 5.91 Å². The minimum absolute atomic E-state index is 0.320.